The fourth-order valence-corrected chi connectivity index (χ4v) is 4.69. The molecule has 2 saturated heterocycles. The van der Waals surface area contributed by atoms with E-state index in [0.717, 1.165) is 46.9 Å². The third-order valence-corrected chi connectivity index (χ3v) is 6.30. The number of rotatable bonds is 3. The Morgan fingerprint density at radius 3 is 2.32 bits per heavy atom. The van der Waals surface area contributed by atoms with Gasteiger partial charge in [0, 0.05) is 41.4 Å². The van der Waals surface area contributed by atoms with Gasteiger partial charge >= 0.3 is 0 Å². The van der Waals surface area contributed by atoms with Crippen molar-refractivity contribution in [1.82, 2.24) is 4.90 Å². The van der Waals surface area contributed by atoms with Crippen molar-refractivity contribution in [2.45, 2.75) is 19.4 Å². The van der Waals surface area contributed by atoms with E-state index in [9.17, 15) is 9.59 Å². The van der Waals surface area contributed by atoms with E-state index < -0.39 is 0 Å². The van der Waals surface area contributed by atoms with Gasteiger partial charge in [-0.05, 0) is 64.8 Å². The Bertz CT molecular complexity index is 910. The van der Waals surface area contributed by atoms with Gasteiger partial charge in [0.2, 0.25) is 5.91 Å². The number of anilines is 2. The van der Waals surface area contributed by atoms with Gasteiger partial charge in [-0.15, -0.1) is 0 Å². The molecule has 2 aromatic rings. The Kier molecular flexibility index (Phi) is 5.45. The number of imide groups is 1. The zero-order valence-corrected chi connectivity index (χ0v) is 17.9. The number of halogens is 2. The van der Waals surface area contributed by atoms with Crippen LogP contribution in [0.2, 0.25) is 5.02 Å². The van der Waals surface area contributed by atoms with Crippen molar-refractivity contribution in [2.24, 2.45) is 0 Å². The summed E-state index contributed by atoms with van der Waals surface area (Å²) < 4.78 is 0.766. The molecule has 0 aromatic heterocycles. The van der Waals surface area contributed by atoms with Gasteiger partial charge in [-0.3, -0.25) is 14.5 Å². The molecule has 2 aliphatic heterocycles. The molecule has 1 unspecified atom stereocenters. The Morgan fingerprint density at radius 1 is 1.00 bits per heavy atom. The number of hydrogen-bond acceptors (Lipinski definition) is 4. The first kappa shape index (κ1) is 19.4. The zero-order valence-electron chi connectivity index (χ0n) is 15.6. The smallest absolute Gasteiger partial charge is 0.251 e. The van der Waals surface area contributed by atoms with E-state index >= 15 is 0 Å². The molecule has 2 aliphatic rings. The highest BCUT2D eigenvalue weighted by Crippen LogP contribution is 2.33. The second kappa shape index (κ2) is 7.85. The minimum absolute atomic E-state index is 0.130. The summed E-state index contributed by atoms with van der Waals surface area (Å²) in [4.78, 5) is 31.4. The number of nitrogens with zero attached hydrogens (tertiary/aromatic N) is 3. The van der Waals surface area contributed by atoms with Crippen molar-refractivity contribution >= 4 is 50.7 Å². The number of piperazine rings is 1. The second-order valence-corrected chi connectivity index (χ2v) is 8.53. The van der Waals surface area contributed by atoms with Crippen molar-refractivity contribution in [3.8, 4) is 0 Å². The van der Waals surface area contributed by atoms with E-state index in [4.69, 9.17) is 11.6 Å². The average Bonchev–Trinajstić information content (AvgIpc) is 2.97. The third kappa shape index (κ3) is 3.69. The van der Waals surface area contributed by atoms with Crippen LogP contribution in [-0.2, 0) is 9.59 Å². The maximum absolute atomic E-state index is 13.1. The van der Waals surface area contributed by atoms with Crippen molar-refractivity contribution in [3.63, 3.8) is 0 Å². The van der Waals surface area contributed by atoms with E-state index in [-0.39, 0.29) is 24.3 Å². The largest absolute Gasteiger partial charge is 0.369 e. The number of carbonyl (C=O) groups is 2. The van der Waals surface area contributed by atoms with Gasteiger partial charge in [0.05, 0.1) is 18.2 Å². The van der Waals surface area contributed by atoms with Crippen LogP contribution in [0.15, 0.2) is 46.9 Å². The lowest BCUT2D eigenvalue weighted by molar-refractivity contribution is -0.123. The Labute approximate surface area is 178 Å². The first-order chi connectivity index (χ1) is 13.4. The quantitative estimate of drug-likeness (QED) is 0.650. The molecule has 1 atom stereocenters. The molecular formula is C21H21BrClN3O2. The van der Waals surface area contributed by atoms with Crippen LogP contribution in [0.5, 0.6) is 0 Å². The van der Waals surface area contributed by atoms with Gasteiger partial charge in [0.25, 0.3) is 5.91 Å². The summed E-state index contributed by atoms with van der Waals surface area (Å²) in [5, 5.41) is 0.722. The monoisotopic (exact) mass is 461 g/mol. The fraction of sp³-hybridized carbons (Fsp3) is 0.333. The van der Waals surface area contributed by atoms with Crippen molar-refractivity contribution < 1.29 is 9.59 Å². The van der Waals surface area contributed by atoms with Crippen LogP contribution in [0.25, 0.3) is 0 Å². The molecule has 2 fully saturated rings. The minimum atomic E-state index is -0.381. The molecule has 7 heteroatoms. The summed E-state index contributed by atoms with van der Waals surface area (Å²) in [5.74, 6) is -0.269. The molecule has 0 radical (unpaired) electrons. The van der Waals surface area contributed by atoms with Gasteiger partial charge in [0.1, 0.15) is 0 Å². The first-order valence-electron chi connectivity index (χ1n) is 9.31. The van der Waals surface area contributed by atoms with Crippen LogP contribution in [0.3, 0.4) is 0 Å². The molecule has 5 nitrogen and oxygen atoms in total. The highest BCUT2D eigenvalue weighted by atomic mass is 79.9. The Hall–Kier alpha value is -1.89. The predicted molar refractivity (Wildman–Crippen MR) is 115 cm³/mol. The van der Waals surface area contributed by atoms with Crippen molar-refractivity contribution in [3.05, 3.63) is 57.5 Å². The predicted octanol–water partition coefficient (Wildman–Crippen LogP) is 3.87. The minimum Gasteiger partial charge on any atom is -0.369 e. The average molecular weight is 463 g/mol. The number of carbonyl (C=O) groups excluding carboxylic acids is 2. The van der Waals surface area contributed by atoms with E-state index in [1.165, 1.54) is 4.90 Å². The molecule has 0 N–H and O–H groups in total. The highest BCUT2D eigenvalue weighted by molar-refractivity contribution is 9.10. The molecule has 2 heterocycles. The van der Waals surface area contributed by atoms with E-state index in [1.807, 2.05) is 49.4 Å². The summed E-state index contributed by atoms with van der Waals surface area (Å²) in [6, 6.07) is 13.1. The summed E-state index contributed by atoms with van der Waals surface area (Å²) in [7, 11) is 0. The van der Waals surface area contributed by atoms with Crippen LogP contribution in [0.1, 0.15) is 12.0 Å². The van der Waals surface area contributed by atoms with Crippen molar-refractivity contribution in [2.75, 3.05) is 36.0 Å². The molecule has 146 valence electrons. The topological polar surface area (TPSA) is 43.9 Å². The highest BCUT2D eigenvalue weighted by Gasteiger charge is 2.43. The van der Waals surface area contributed by atoms with E-state index in [0.29, 0.717) is 5.69 Å². The maximum atomic E-state index is 13.1. The molecular weight excluding hydrogens is 442 g/mol. The summed E-state index contributed by atoms with van der Waals surface area (Å²) >= 11 is 9.46. The summed E-state index contributed by atoms with van der Waals surface area (Å²) in [5.41, 5.74) is 2.83. The third-order valence-electron chi connectivity index (χ3n) is 5.41. The van der Waals surface area contributed by atoms with Crippen LogP contribution in [0, 0.1) is 6.92 Å². The lowest BCUT2D eigenvalue weighted by atomic mass is 10.1. The first-order valence-corrected chi connectivity index (χ1v) is 10.5. The molecule has 0 bridgehead atoms. The molecule has 0 saturated carbocycles. The maximum Gasteiger partial charge on any atom is 0.251 e. The zero-order chi connectivity index (χ0) is 19.8. The summed E-state index contributed by atoms with van der Waals surface area (Å²) in [6.07, 6.45) is 0.236. The molecule has 4 rings (SSSR count). The Morgan fingerprint density at radius 2 is 1.68 bits per heavy atom. The number of amides is 2. The van der Waals surface area contributed by atoms with Gasteiger partial charge in [-0.2, -0.15) is 0 Å². The summed E-state index contributed by atoms with van der Waals surface area (Å²) in [6.45, 7) is 5.09. The normalized spacial score (nSPS) is 20.9. The van der Waals surface area contributed by atoms with E-state index in [1.54, 1.807) is 0 Å². The van der Waals surface area contributed by atoms with Gasteiger partial charge in [0.15, 0.2) is 0 Å². The van der Waals surface area contributed by atoms with Crippen LogP contribution >= 0.6 is 27.5 Å². The number of benzene rings is 2. The Balaban J connectivity index is 1.45. The standard InChI is InChI=1S/C21H21BrClN3O2/c1-14-2-7-18(17(22)12-14)26-20(27)13-19(21(26)28)25-10-8-24(9-11-25)16-5-3-15(23)4-6-16/h2-7,12,19H,8-11,13H2,1H3. The molecule has 2 amide bonds. The van der Waals surface area contributed by atoms with Crippen LogP contribution in [0.4, 0.5) is 11.4 Å². The van der Waals surface area contributed by atoms with Crippen LogP contribution in [-0.4, -0.2) is 48.9 Å². The lowest BCUT2D eigenvalue weighted by Crippen LogP contribution is -2.52. The van der Waals surface area contributed by atoms with Crippen LogP contribution < -0.4 is 9.80 Å². The number of aryl methyl sites for hydroxylation is 1. The second-order valence-electron chi connectivity index (χ2n) is 7.24. The number of hydrogen-bond donors (Lipinski definition) is 0. The molecule has 2 aromatic carbocycles. The van der Waals surface area contributed by atoms with Crippen molar-refractivity contribution in [1.29, 1.82) is 0 Å². The molecule has 0 spiro atoms. The SMILES string of the molecule is Cc1ccc(N2C(=O)CC(N3CCN(c4ccc(Cl)cc4)CC3)C2=O)c(Br)c1. The fourth-order valence-electron chi connectivity index (χ4n) is 3.89. The molecule has 0 aliphatic carbocycles. The van der Waals surface area contributed by atoms with E-state index in [2.05, 4.69) is 25.7 Å². The lowest BCUT2D eigenvalue weighted by Gasteiger charge is -2.38. The van der Waals surface area contributed by atoms with Gasteiger partial charge < -0.3 is 4.90 Å². The van der Waals surface area contributed by atoms with Gasteiger partial charge in [-0.25, -0.2) is 4.90 Å². The molecule has 28 heavy (non-hydrogen) atoms. The van der Waals surface area contributed by atoms with Gasteiger partial charge in [-0.1, -0.05) is 17.7 Å².